The highest BCUT2D eigenvalue weighted by Gasteiger charge is 2.29. The van der Waals surface area contributed by atoms with E-state index >= 15 is 0 Å². The molecule has 0 N–H and O–H groups in total. The molecule has 2 aliphatic rings. The van der Waals surface area contributed by atoms with Gasteiger partial charge >= 0.3 is 9.28 Å². The highest BCUT2D eigenvalue weighted by Crippen LogP contribution is 2.33. The Morgan fingerprint density at radius 1 is 1.07 bits per heavy atom. The summed E-state index contributed by atoms with van der Waals surface area (Å²) >= 11 is 0. The van der Waals surface area contributed by atoms with Gasteiger partial charge in [-0.25, -0.2) is 0 Å². The molecule has 2 nitrogen and oxygen atoms in total. The largest absolute Gasteiger partial charge is 0.529 e. The summed E-state index contributed by atoms with van der Waals surface area (Å²) in [5.74, 6) is 0.792. The minimum Gasteiger partial charge on any atom is -0.529 e. The van der Waals surface area contributed by atoms with E-state index in [2.05, 4.69) is 6.08 Å². The zero-order chi connectivity index (χ0) is 10.5. The SMILES string of the molecule is CO[SiH](OC=CC1CCC1)C1CCCC1. The minimum absolute atomic E-state index is 0.751. The Morgan fingerprint density at radius 3 is 2.33 bits per heavy atom. The fourth-order valence-electron chi connectivity index (χ4n) is 2.45. The molecule has 2 aliphatic carbocycles. The van der Waals surface area contributed by atoms with Gasteiger partial charge in [-0.1, -0.05) is 19.3 Å². The highest BCUT2D eigenvalue weighted by atomic mass is 28.3. The molecule has 0 bridgehead atoms. The molecule has 3 heteroatoms. The number of hydrogen-bond acceptors (Lipinski definition) is 2. The first-order chi connectivity index (χ1) is 7.40. The zero-order valence-electron chi connectivity index (χ0n) is 9.65. The van der Waals surface area contributed by atoms with Crippen LogP contribution in [0.5, 0.6) is 0 Å². The standard InChI is InChI=1S/C12H22O2Si/c1-13-15(12-7-2-3-8-12)14-10-9-11-5-4-6-11/h9-12,15H,2-8H2,1H3. The van der Waals surface area contributed by atoms with Crippen molar-refractivity contribution in [3.05, 3.63) is 12.3 Å². The average Bonchev–Trinajstić information content (AvgIpc) is 2.68. The minimum atomic E-state index is -1.40. The van der Waals surface area contributed by atoms with Crippen LogP contribution < -0.4 is 0 Å². The van der Waals surface area contributed by atoms with Crippen molar-refractivity contribution in [1.82, 2.24) is 0 Å². The molecule has 0 aromatic rings. The number of allylic oxidation sites excluding steroid dienone is 1. The summed E-state index contributed by atoms with van der Waals surface area (Å²) in [5, 5.41) is 0. The normalized spacial score (nSPS) is 25.7. The third-order valence-electron chi connectivity index (χ3n) is 3.73. The molecule has 15 heavy (non-hydrogen) atoms. The van der Waals surface area contributed by atoms with Crippen molar-refractivity contribution in [1.29, 1.82) is 0 Å². The molecule has 1 unspecified atom stereocenters. The Labute approximate surface area is 94.5 Å². The van der Waals surface area contributed by atoms with Crippen molar-refractivity contribution in [2.24, 2.45) is 5.92 Å². The summed E-state index contributed by atoms with van der Waals surface area (Å²) in [6.45, 7) is 0. The van der Waals surface area contributed by atoms with Gasteiger partial charge in [0, 0.05) is 12.7 Å². The van der Waals surface area contributed by atoms with E-state index in [0.717, 1.165) is 11.5 Å². The van der Waals surface area contributed by atoms with Gasteiger partial charge in [-0.05, 0) is 37.7 Å². The Kier molecular flexibility index (Phi) is 4.26. The molecule has 0 heterocycles. The molecule has 0 aliphatic heterocycles. The number of rotatable bonds is 5. The maximum Gasteiger partial charge on any atom is 0.384 e. The van der Waals surface area contributed by atoms with Gasteiger partial charge in [0.05, 0.1) is 6.26 Å². The van der Waals surface area contributed by atoms with Gasteiger partial charge in [0.1, 0.15) is 0 Å². The van der Waals surface area contributed by atoms with Gasteiger partial charge in [-0.3, -0.25) is 0 Å². The topological polar surface area (TPSA) is 18.5 Å². The van der Waals surface area contributed by atoms with E-state index in [0.29, 0.717) is 0 Å². The summed E-state index contributed by atoms with van der Waals surface area (Å²) in [6, 6.07) is 0. The Morgan fingerprint density at radius 2 is 1.80 bits per heavy atom. The van der Waals surface area contributed by atoms with Crippen LogP contribution >= 0.6 is 0 Å². The maximum absolute atomic E-state index is 5.82. The van der Waals surface area contributed by atoms with Crippen molar-refractivity contribution in [3.63, 3.8) is 0 Å². The van der Waals surface area contributed by atoms with E-state index in [1.165, 1.54) is 44.9 Å². The first-order valence-electron chi connectivity index (χ1n) is 6.25. The highest BCUT2D eigenvalue weighted by molar-refractivity contribution is 6.46. The second-order valence-electron chi connectivity index (χ2n) is 4.80. The second-order valence-corrected chi connectivity index (χ2v) is 7.23. The number of hydrogen-bond donors (Lipinski definition) is 0. The predicted octanol–water partition coefficient (Wildman–Crippen LogP) is 3.13. The first-order valence-corrected chi connectivity index (χ1v) is 7.86. The van der Waals surface area contributed by atoms with Crippen LogP contribution in [-0.2, 0) is 8.85 Å². The third-order valence-corrected chi connectivity index (χ3v) is 6.06. The molecular weight excluding hydrogens is 204 g/mol. The lowest BCUT2D eigenvalue weighted by Gasteiger charge is -2.22. The Bertz CT molecular complexity index is 208. The summed E-state index contributed by atoms with van der Waals surface area (Å²) in [7, 11) is 0.414. The molecular formula is C12H22O2Si. The van der Waals surface area contributed by atoms with E-state index in [1.807, 2.05) is 13.4 Å². The summed E-state index contributed by atoms with van der Waals surface area (Å²) < 4.78 is 11.4. The second kappa shape index (κ2) is 5.71. The molecule has 0 spiro atoms. The molecule has 1 atom stereocenters. The van der Waals surface area contributed by atoms with E-state index < -0.39 is 9.28 Å². The Hall–Kier alpha value is -0.283. The summed E-state index contributed by atoms with van der Waals surface area (Å²) in [4.78, 5) is 0. The fraction of sp³-hybridized carbons (Fsp3) is 0.833. The van der Waals surface area contributed by atoms with Gasteiger partial charge in [-0.2, -0.15) is 0 Å². The van der Waals surface area contributed by atoms with Crippen molar-refractivity contribution >= 4 is 9.28 Å². The average molecular weight is 226 g/mol. The van der Waals surface area contributed by atoms with Crippen LogP contribution in [0.2, 0.25) is 5.54 Å². The molecule has 0 aromatic heterocycles. The molecule has 2 saturated carbocycles. The lowest BCUT2D eigenvalue weighted by molar-refractivity contribution is 0.287. The molecule has 0 amide bonds. The maximum atomic E-state index is 5.82. The molecule has 0 aromatic carbocycles. The summed E-state index contributed by atoms with van der Waals surface area (Å²) in [6.07, 6.45) is 13.6. The molecule has 86 valence electrons. The van der Waals surface area contributed by atoms with Crippen molar-refractivity contribution in [3.8, 4) is 0 Å². The van der Waals surface area contributed by atoms with E-state index in [-0.39, 0.29) is 0 Å². The molecule has 2 fully saturated rings. The van der Waals surface area contributed by atoms with Gasteiger partial charge in [-0.15, -0.1) is 0 Å². The van der Waals surface area contributed by atoms with E-state index in [1.54, 1.807) is 0 Å². The van der Waals surface area contributed by atoms with Gasteiger partial charge in [0.15, 0.2) is 0 Å². The molecule has 2 rings (SSSR count). The quantitative estimate of drug-likeness (QED) is 0.530. The molecule has 0 radical (unpaired) electrons. The van der Waals surface area contributed by atoms with Gasteiger partial charge in [0.25, 0.3) is 0 Å². The van der Waals surface area contributed by atoms with Crippen molar-refractivity contribution in [2.45, 2.75) is 50.5 Å². The smallest absolute Gasteiger partial charge is 0.384 e. The third kappa shape index (κ3) is 3.08. The fourth-order valence-corrected chi connectivity index (χ4v) is 4.43. The van der Waals surface area contributed by atoms with Crippen LogP contribution in [0.4, 0.5) is 0 Å². The summed E-state index contributed by atoms with van der Waals surface area (Å²) in [5.41, 5.74) is 0.751. The zero-order valence-corrected chi connectivity index (χ0v) is 10.8. The monoisotopic (exact) mass is 226 g/mol. The van der Waals surface area contributed by atoms with Crippen LogP contribution in [0.25, 0.3) is 0 Å². The van der Waals surface area contributed by atoms with E-state index in [9.17, 15) is 0 Å². The first kappa shape index (κ1) is 11.2. The lowest BCUT2D eigenvalue weighted by atomic mass is 9.86. The molecule has 0 saturated heterocycles. The lowest BCUT2D eigenvalue weighted by Crippen LogP contribution is -2.24. The van der Waals surface area contributed by atoms with Crippen LogP contribution in [0.1, 0.15) is 44.9 Å². The van der Waals surface area contributed by atoms with Crippen LogP contribution in [0, 0.1) is 5.92 Å². The Balaban J connectivity index is 1.71. The van der Waals surface area contributed by atoms with Gasteiger partial charge in [0.2, 0.25) is 0 Å². The van der Waals surface area contributed by atoms with Crippen molar-refractivity contribution < 1.29 is 8.85 Å². The predicted molar refractivity (Wildman–Crippen MR) is 63.9 cm³/mol. The van der Waals surface area contributed by atoms with Crippen molar-refractivity contribution in [2.75, 3.05) is 7.11 Å². The van der Waals surface area contributed by atoms with Crippen LogP contribution in [-0.4, -0.2) is 16.4 Å². The van der Waals surface area contributed by atoms with Gasteiger partial charge < -0.3 is 8.85 Å². The van der Waals surface area contributed by atoms with Crippen LogP contribution in [0.3, 0.4) is 0 Å². The van der Waals surface area contributed by atoms with Crippen LogP contribution in [0.15, 0.2) is 12.3 Å². The van der Waals surface area contributed by atoms with E-state index in [4.69, 9.17) is 8.85 Å².